The molecule has 2 rings (SSSR count). The zero-order valence-corrected chi connectivity index (χ0v) is 15.6. The quantitative estimate of drug-likeness (QED) is 0.859. The van der Waals surface area contributed by atoms with Crippen molar-refractivity contribution in [2.75, 3.05) is 13.1 Å². The minimum absolute atomic E-state index is 0.0357. The predicted molar refractivity (Wildman–Crippen MR) is 97.3 cm³/mol. The average Bonchev–Trinajstić information content (AvgIpc) is 3.06. The van der Waals surface area contributed by atoms with E-state index in [1.165, 1.54) is 0 Å². The van der Waals surface area contributed by atoms with Crippen molar-refractivity contribution < 1.29 is 14.3 Å². The first-order chi connectivity index (χ1) is 11.8. The van der Waals surface area contributed by atoms with Crippen LogP contribution in [-0.4, -0.2) is 41.8 Å². The van der Waals surface area contributed by atoms with Gasteiger partial charge in [0.1, 0.15) is 5.60 Å². The van der Waals surface area contributed by atoms with Gasteiger partial charge < -0.3 is 15.0 Å². The van der Waals surface area contributed by atoms with Crippen LogP contribution in [-0.2, 0) is 11.3 Å². The van der Waals surface area contributed by atoms with Gasteiger partial charge in [-0.2, -0.15) is 0 Å². The number of hydrogen-bond donors (Lipinski definition) is 2. The van der Waals surface area contributed by atoms with Gasteiger partial charge in [-0.3, -0.25) is 10.1 Å². The van der Waals surface area contributed by atoms with Gasteiger partial charge in [0.05, 0.1) is 6.17 Å². The lowest BCUT2D eigenvalue weighted by molar-refractivity contribution is 0.0523. The van der Waals surface area contributed by atoms with Crippen molar-refractivity contribution in [2.24, 2.45) is 0 Å². The first kappa shape index (κ1) is 19.2. The summed E-state index contributed by atoms with van der Waals surface area (Å²) in [6.45, 7) is 9.48. The van der Waals surface area contributed by atoms with E-state index in [9.17, 15) is 9.59 Å². The fourth-order valence-electron chi connectivity index (χ4n) is 2.86. The summed E-state index contributed by atoms with van der Waals surface area (Å²) in [6.07, 6.45) is 1.78. The summed E-state index contributed by atoms with van der Waals surface area (Å²) >= 11 is 0. The number of carbonyl (C=O) groups is 2. The molecule has 138 valence electrons. The van der Waals surface area contributed by atoms with Crippen LogP contribution in [0.25, 0.3) is 0 Å². The van der Waals surface area contributed by atoms with Crippen LogP contribution in [0.15, 0.2) is 24.3 Å². The van der Waals surface area contributed by atoms with Crippen LogP contribution in [0, 0.1) is 0 Å². The Balaban J connectivity index is 1.92. The molecule has 1 heterocycles. The van der Waals surface area contributed by atoms with Crippen molar-refractivity contribution in [2.45, 2.75) is 58.8 Å². The molecule has 1 fully saturated rings. The van der Waals surface area contributed by atoms with Crippen LogP contribution in [0.3, 0.4) is 0 Å². The number of amides is 2. The summed E-state index contributed by atoms with van der Waals surface area (Å²) in [6, 6.07) is 7.35. The Labute approximate surface area is 149 Å². The molecule has 1 atom stereocenters. The number of alkyl carbamates (subject to hydrolysis) is 1. The van der Waals surface area contributed by atoms with Gasteiger partial charge in [-0.05, 0) is 64.8 Å². The molecule has 2 amide bonds. The first-order valence-electron chi connectivity index (χ1n) is 8.90. The molecule has 0 saturated carbocycles. The molecular formula is C19H29N3O3. The van der Waals surface area contributed by atoms with Gasteiger partial charge in [-0.15, -0.1) is 0 Å². The van der Waals surface area contributed by atoms with Gasteiger partial charge in [0.2, 0.25) is 0 Å². The molecule has 1 aliphatic heterocycles. The molecule has 0 aromatic heterocycles. The Morgan fingerprint density at radius 1 is 1.28 bits per heavy atom. The summed E-state index contributed by atoms with van der Waals surface area (Å²) < 4.78 is 5.21. The Kier molecular flexibility index (Phi) is 6.42. The van der Waals surface area contributed by atoms with Crippen LogP contribution in [0.2, 0.25) is 0 Å². The monoisotopic (exact) mass is 347 g/mol. The number of nitrogens with one attached hydrogen (secondary N) is 2. The Morgan fingerprint density at radius 2 is 1.96 bits per heavy atom. The van der Waals surface area contributed by atoms with Crippen LogP contribution < -0.4 is 10.6 Å². The summed E-state index contributed by atoms with van der Waals surface area (Å²) in [5.41, 5.74) is 1.07. The molecule has 1 aromatic carbocycles. The normalized spacial score (nSPS) is 17.2. The second kappa shape index (κ2) is 8.34. The molecular weight excluding hydrogens is 318 g/mol. The second-order valence-corrected chi connectivity index (χ2v) is 7.26. The van der Waals surface area contributed by atoms with Gasteiger partial charge in [-0.25, -0.2) is 4.79 Å². The number of nitrogens with zero attached hydrogens (tertiary/aromatic N) is 1. The minimum Gasteiger partial charge on any atom is -0.444 e. The highest BCUT2D eigenvalue weighted by Gasteiger charge is 2.25. The smallest absolute Gasteiger partial charge is 0.407 e. The van der Waals surface area contributed by atoms with Gasteiger partial charge in [0.25, 0.3) is 5.91 Å². The van der Waals surface area contributed by atoms with E-state index in [1.807, 2.05) is 56.9 Å². The summed E-state index contributed by atoms with van der Waals surface area (Å²) in [7, 11) is 0. The zero-order chi connectivity index (χ0) is 18.4. The highest BCUT2D eigenvalue weighted by Crippen LogP contribution is 2.15. The average molecular weight is 347 g/mol. The highest BCUT2D eigenvalue weighted by molar-refractivity contribution is 5.94. The molecule has 6 nitrogen and oxygen atoms in total. The summed E-state index contributed by atoms with van der Waals surface area (Å²) in [5, 5.41) is 6.08. The topological polar surface area (TPSA) is 70.7 Å². The number of benzene rings is 1. The lowest BCUT2D eigenvalue weighted by atomic mass is 10.1. The maximum Gasteiger partial charge on any atom is 0.407 e. The van der Waals surface area contributed by atoms with E-state index in [0.717, 1.165) is 24.9 Å². The Hall–Kier alpha value is -2.08. The van der Waals surface area contributed by atoms with Crippen molar-refractivity contribution in [3.05, 3.63) is 35.4 Å². The fraction of sp³-hybridized carbons (Fsp3) is 0.579. The molecule has 6 heteroatoms. The minimum atomic E-state index is -0.516. The van der Waals surface area contributed by atoms with E-state index in [4.69, 9.17) is 4.74 Å². The molecule has 0 aliphatic carbocycles. The van der Waals surface area contributed by atoms with Crippen LogP contribution in [0.1, 0.15) is 56.5 Å². The molecule has 1 aromatic rings. The van der Waals surface area contributed by atoms with Crippen molar-refractivity contribution in [1.29, 1.82) is 0 Å². The third-order valence-electron chi connectivity index (χ3n) is 4.05. The third kappa shape index (κ3) is 5.74. The molecule has 2 N–H and O–H groups in total. The third-order valence-corrected chi connectivity index (χ3v) is 4.05. The molecule has 1 saturated heterocycles. The Morgan fingerprint density at radius 3 is 2.48 bits per heavy atom. The molecule has 1 unspecified atom stereocenters. The molecule has 0 radical (unpaired) electrons. The first-order valence-corrected chi connectivity index (χ1v) is 8.90. The maximum absolute atomic E-state index is 12.7. The summed E-state index contributed by atoms with van der Waals surface area (Å²) in [4.78, 5) is 26.3. The second-order valence-electron chi connectivity index (χ2n) is 7.26. The number of rotatable bonds is 5. The number of ether oxygens (including phenoxy) is 1. The van der Waals surface area contributed by atoms with Crippen LogP contribution in [0.4, 0.5) is 4.79 Å². The van der Waals surface area contributed by atoms with Crippen molar-refractivity contribution in [1.82, 2.24) is 15.5 Å². The van der Waals surface area contributed by atoms with E-state index in [-0.39, 0.29) is 12.1 Å². The lowest BCUT2D eigenvalue weighted by Gasteiger charge is -2.28. The highest BCUT2D eigenvalue weighted by atomic mass is 16.6. The van der Waals surface area contributed by atoms with Crippen molar-refractivity contribution >= 4 is 12.0 Å². The molecule has 1 aliphatic rings. The zero-order valence-electron chi connectivity index (χ0n) is 15.6. The van der Waals surface area contributed by atoms with Gasteiger partial charge >= 0.3 is 6.09 Å². The standard InChI is InChI=1S/C19H29N3O3/c1-5-22(16-7-6-12-20-16)17(23)15-10-8-14(9-11-15)13-21-18(24)25-19(2,3)4/h8-11,16,20H,5-7,12-13H2,1-4H3,(H,21,24). The molecule has 25 heavy (non-hydrogen) atoms. The van der Waals surface area contributed by atoms with Crippen LogP contribution in [0.5, 0.6) is 0 Å². The molecule has 0 spiro atoms. The maximum atomic E-state index is 12.7. The van der Waals surface area contributed by atoms with Crippen molar-refractivity contribution in [3.63, 3.8) is 0 Å². The largest absolute Gasteiger partial charge is 0.444 e. The summed E-state index contributed by atoms with van der Waals surface area (Å²) in [5.74, 6) is 0.0357. The number of carbonyl (C=O) groups excluding carboxylic acids is 2. The van der Waals surface area contributed by atoms with Crippen molar-refractivity contribution in [3.8, 4) is 0 Å². The van der Waals surface area contributed by atoms with E-state index < -0.39 is 11.7 Å². The van der Waals surface area contributed by atoms with E-state index in [1.54, 1.807) is 0 Å². The molecule has 0 bridgehead atoms. The Bertz CT molecular complexity index is 587. The van der Waals surface area contributed by atoms with Crippen LogP contribution >= 0.6 is 0 Å². The van der Waals surface area contributed by atoms with Gasteiger partial charge in [0.15, 0.2) is 0 Å². The SMILES string of the molecule is CCN(C(=O)c1ccc(CNC(=O)OC(C)(C)C)cc1)C1CCCN1. The van der Waals surface area contributed by atoms with E-state index >= 15 is 0 Å². The van der Waals surface area contributed by atoms with E-state index in [0.29, 0.717) is 18.7 Å². The lowest BCUT2D eigenvalue weighted by Crippen LogP contribution is -2.45. The number of hydrogen-bond acceptors (Lipinski definition) is 4. The van der Waals surface area contributed by atoms with E-state index in [2.05, 4.69) is 10.6 Å². The fourth-order valence-corrected chi connectivity index (χ4v) is 2.86. The van der Waals surface area contributed by atoms with Gasteiger partial charge in [-0.1, -0.05) is 12.1 Å². The predicted octanol–water partition coefficient (Wildman–Crippen LogP) is 2.88. The van der Waals surface area contributed by atoms with Gasteiger partial charge in [0, 0.05) is 18.7 Å².